The van der Waals surface area contributed by atoms with Crippen LogP contribution in [0.3, 0.4) is 0 Å². The van der Waals surface area contributed by atoms with E-state index in [1.807, 2.05) is 6.07 Å². The van der Waals surface area contributed by atoms with Gasteiger partial charge in [0.05, 0.1) is 6.42 Å². The van der Waals surface area contributed by atoms with Crippen molar-refractivity contribution in [1.29, 1.82) is 0 Å². The van der Waals surface area contributed by atoms with Crippen molar-refractivity contribution in [3.05, 3.63) is 34.9 Å². The molecule has 0 heterocycles. The summed E-state index contributed by atoms with van der Waals surface area (Å²) in [5.74, 6) is 0.684. The average molecular weight is 250 g/mol. The maximum atomic E-state index is 10.6. The van der Waals surface area contributed by atoms with Gasteiger partial charge in [0.1, 0.15) is 0 Å². The highest BCUT2D eigenvalue weighted by Gasteiger charge is 2.23. The van der Waals surface area contributed by atoms with Crippen molar-refractivity contribution in [3.63, 3.8) is 0 Å². The lowest BCUT2D eigenvalue weighted by atomic mass is 9.93. The zero-order chi connectivity index (χ0) is 13.7. The van der Waals surface area contributed by atoms with Crippen molar-refractivity contribution in [2.75, 3.05) is 7.11 Å². The second kappa shape index (κ2) is 6.55. The van der Waals surface area contributed by atoms with Crippen LogP contribution in [0.4, 0.5) is 0 Å². The molecule has 18 heavy (non-hydrogen) atoms. The Kier molecular flexibility index (Phi) is 5.35. The van der Waals surface area contributed by atoms with Crippen LogP contribution in [0.15, 0.2) is 18.2 Å². The number of carbonyl (C=O) groups is 1. The summed E-state index contributed by atoms with van der Waals surface area (Å²) in [6.07, 6.45) is 2.40. The number of benzene rings is 1. The van der Waals surface area contributed by atoms with Gasteiger partial charge in [-0.25, -0.2) is 0 Å². The Morgan fingerprint density at radius 1 is 1.28 bits per heavy atom. The third-order valence-corrected chi connectivity index (χ3v) is 3.53. The second-order valence-corrected chi connectivity index (χ2v) is 5.09. The van der Waals surface area contributed by atoms with Crippen LogP contribution in [0.1, 0.15) is 30.5 Å². The van der Waals surface area contributed by atoms with Crippen LogP contribution < -0.4 is 0 Å². The number of carboxylic acids is 1. The first-order valence-corrected chi connectivity index (χ1v) is 6.33. The van der Waals surface area contributed by atoms with E-state index in [0.29, 0.717) is 5.92 Å². The van der Waals surface area contributed by atoms with Crippen LogP contribution in [-0.2, 0) is 24.1 Å². The molecule has 0 saturated carbocycles. The zero-order valence-corrected chi connectivity index (χ0v) is 11.3. The monoisotopic (exact) mass is 250 g/mol. The SMILES string of the molecule is CC(C)C1Cc2ccc(CC(=O)O)cc2C1.CO. The molecule has 2 rings (SSSR count). The summed E-state index contributed by atoms with van der Waals surface area (Å²) in [6.45, 7) is 4.52. The average Bonchev–Trinajstić information content (AvgIpc) is 2.74. The van der Waals surface area contributed by atoms with Gasteiger partial charge in [-0.15, -0.1) is 0 Å². The van der Waals surface area contributed by atoms with Crippen LogP contribution in [0, 0.1) is 11.8 Å². The normalized spacial score (nSPS) is 17.1. The smallest absolute Gasteiger partial charge is 0.307 e. The van der Waals surface area contributed by atoms with Crippen molar-refractivity contribution < 1.29 is 15.0 Å². The molecule has 0 aliphatic heterocycles. The van der Waals surface area contributed by atoms with Gasteiger partial charge < -0.3 is 10.2 Å². The molecule has 1 aliphatic carbocycles. The third kappa shape index (κ3) is 3.57. The van der Waals surface area contributed by atoms with E-state index in [2.05, 4.69) is 26.0 Å². The van der Waals surface area contributed by atoms with Gasteiger partial charge in [-0.1, -0.05) is 32.0 Å². The van der Waals surface area contributed by atoms with Gasteiger partial charge in [0.2, 0.25) is 0 Å². The van der Waals surface area contributed by atoms with E-state index >= 15 is 0 Å². The van der Waals surface area contributed by atoms with Crippen LogP contribution >= 0.6 is 0 Å². The molecule has 3 heteroatoms. The lowest BCUT2D eigenvalue weighted by Crippen LogP contribution is -2.07. The highest BCUT2D eigenvalue weighted by Crippen LogP contribution is 2.31. The Balaban J connectivity index is 0.000000771. The quantitative estimate of drug-likeness (QED) is 0.865. The fourth-order valence-electron chi connectivity index (χ4n) is 2.46. The molecule has 1 unspecified atom stereocenters. The van der Waals surface area contributed by atoms with Gasteiger partial charge in [0, 0.05) is 7.11 Å². The summed E-state index contributed by atoms with van der Waals surface area (Å²) in [5, 5.41) is 15.8. The molecule has 2 N–H and O–H groups in total. The first-order valence-electron chi connectivity index (χ1n) is 6.33. The molecular weight excluding hydrogens is 228 g/mol. The van der Waals surface area contributed by atoms with Crippen molar-refractivity contribution in [3.8, 4) is 0 Å². The molecule has 1 aliphatic rings. The maximum Gasteiger partial charge on any atom is 0.307 e. The van der Waals surface area contributed by atoms with Gasteiger partial charge >= 0.3 is 5.97 Å². The molecule has 0 bridgehead atoms. The van der Waals surface area contributed by atoms with Crippen molar-refractivity contribution >= 4 is 5.97 Å². The molecule has 0 amide bonds. The Morgan fingerprint density at radius 2 is 1.89 bits per heavy atom. The molecule has 0 aromatic heterocycles. The van der Waals surface area contributed by atoms with Crippen LogP contribution in [0.2, 0.25) is 0 Å². The summed E-state index contributed by atoms with van der Waals surface area (Å²) in [7, 11) is 1.00. The van der Waals surface area contributed by atoms with E-state index in [4.69, 9.17) is 10.2 Å². The van der Waals surface area contributed by atoms with E-state index in [1.54, 1.807) is 0 Å². The minimum absolute atomic E-state index is 0.139. The molecule has 3 nitrogen and oxygen atoms in total. The topological polar surface area (TPSA) is 57.5 Å². The number of carboxylic acid groups (broad SMARTS) is 1. The molecule has 0 radical (unpaired) electrons. The molecule has 0 saturated heterocycles. The fraction of sp³-hybridized carbons (Fsp3) is 0.533. The zero-order valence-electron chi connectivity index (χ0n) is 11.3. The minimum Gasteiger partial charge on any atom is -0.481 e. The lowest BCUT2D eigenvalue weighted by Gasteiger charge is -2.12. The number of fused-ring (bicyclic) bond motifs is 1. The van der Waals surface area contributed by atoms with Crippen LogP contribution in [-0.4, -0.2) is 23.3 Å². The summed E-state index contributed by atoms with van der Waals surface area (Å²) in [4.78, 5) is 10.6. The van der Waals surface area contributed by atoms with Gasteiger partial charge in [0.15, 0.2) is 0 Å². The van der Waals surface area contributed by atoms with Crippen LogP contribution in [0.25, 0.3) is 0 Å². The Bertz CT molecular complexity index is 410. The first kappa shape index (κ1) is 14.7. The molecule has 100 valence electrons. The maximum absolute atomic E-state index is 10.6. The number of hydrogen-bond donors (Lipinski definition) is 2. The predicted octanol–water partition coefficient (Wildman–Crippen LogP) is 2.29. The minimum atomic E-state index is -0.752. The lowest BCUT2D eigenvalue weighted by molar-refractivity contribution is -0.136. The number of aliphatic carboxylic acids is 1. The Labute approximate surface area is 108 Å². The van der Waals surface area contributed by atoms with Crippen LogP contribution in [0.5, 0.6) is 0 Å². The van der Waals surface area contributed by atoms with E-state index in [0.717, 1.165) is 31.4 Å². The summed E-state index contributed by atoms with van der Waals surface area (Å²) < 4.78 is 0. The van der Waals surface area contributed by atoms with Crippen molar-refractivity contribution in [2.24, 2.45) is 11.8 Å². The highest BCUT2D eigenvalue weighted by atomic mass is 16.4. The number of aliphatic hydroxyl groups is 1. The van der Waals surface area contributed by atoms with Gasteiger partial charge in [-0.05, 0) is 41.4 Å². The molecule has 0 spiro atoms. The molecule has 1 aromatic rings. The standard InChI is InChI=1S/C14H18O2.CH4O/c1-9(2)12-7-11-4-3-10(6-14(15)16)5-13(11)8-12;1-2/h3-5,9,12H,6-8H2,1-2H3,(H,15,16);2H,1H3. The van der Waals surface area contributed by atoms with Gasteiger partial charge in [0.25, 0.3) is 0 Å². The summed E-state index contributed by atoms with van der Waals surface area (Å²) in [5.41, 5.74) is 3.70. The van der Waals surface area contributed by atoms with E-state index in [-0.39, 0.29) is 6.42 Å². The van der Waals surface area contributed by atoms with Gasteiger partial charge in [-0.3, -0.25) is 4.79 Å². The second-order valence-electron chi connectivity index (χ2n) is 5.09. The molecule has 1 atom stereocenters. The first-order chi connectivity index (χ1) is 8.56. The highest BCUT2D eigenvalue weighted by molar-refractivity contribution is 5.70. The van der Waals surface area contributed by atoms with E-state index in [1.165, 1.54) is 11.1 Å². The van der Waals surface area contributed by atoms with E-state index < -0.39 is 5.97 Å². The Morgan fingerprint density at radius 3 is 2.44 bits per heavy atom. The predicted molar refractivity (Wildman–Crippen MR) is 71.7 cm³/mol. The van der Waals surface area contributed by atoms with Crippen molar-refractivity contribution in [1.82, 2.24) is 0 Å². The van der Waals surface area contributed by atoms with Gasteiger partial charge in [-0.2, -0.15) is 0 Å². The van der Waals surface area contributed by atoms with E-state index in [9.17, 15) is 4.79 Å². The molecule has 0 fully saturated rings. The number of rotatable bonds is 3. The summed E-state index contributed by atoms with van der Waals surface area (Å²) in [6, 6.07) is 6.14. The number of aliphatic hydroxyl groups excluding tert-OH is 1. The summed E-state index contributed by atoms with van der Waals surface area (Å²) >= 11 is 0. The third-order valence-electron chi connectivity index (χ3n) is 3.53. The molecular formula is C15H22O3. The van der Waals surface area contributed by atoms with Crippen molar-refractivity contribution in [2.45, 2.75) is 33.1 Å². The molecule has 1 aromatic carbocycles. The fourth-order valence-corrected chi connectivity index (χ4v) is 2.46. The number of hydrogen-bond acceptors (Lipinski definition) is 2. The largest absolute Gasteiger partial charge is 0.481 e. The Hall–Kier alpha value is -1.35.